The van der Waals surface area contributed by atoms with Crippen molar-refractivity contribution in [3.63, 3.8) is 0 Å². The largest absolute Gasteiger partial charge is 0.445 e. The number of halogens is 3. The topological polar surface area (TPSA) is 55.0 Å². The van der Waals surface area contributed by atoms with E-state index in [-0.39, 0.29) is 6.04 Å². The van der Waals surface area contributed by atoms with Crippen LogP contribution >= 0.6 is 11.3 Å². The number of benzene rings is 1. The fourth-order valence-electron chi connectivity index (χ4n) is 2.05. The molecule has 1 aromatic carbocycles. The maximum Gasteiger partial charge on any atom is 0.445 e. The van der Waals surface area contributed by atoms with E-state index in [9.17, 15) is 13.2 Å². The van der Waals surface area contributed by atoms with Gasteiger partial charge in [-0.1, -0.05) is 29.5 Å². The van der Waals surface area contributed by atoms with Crippen LogP contribution < -0.4 is 10.6 Å². The second-order valence-electron chi connectivity index (χ2n) is 4.95. The maximum atomic E-state index is 12.6. The van der Waals surface area contributed by atoms with E-state index in [4.69, 9.17) is 5.73 Å². The smallest absolute Gasteiger partial charge is 0.398 e. The number of alkyl halides is 3. The molecule has 8 heteroatoms. The van der Waals surface area contributed by atoms with Crippen molar-refractivity contribution in [2.75, 3.05) is 10.6 Å². The van der Waals surface area contributed by atoms with Gasteiger partial charge in [0.15, 0.2) is 0 Å². The van der Waals surface area contributed by atoms with Crippen molar-refractivity contribution in [2.24, 2.45) is 0 Å². The van der Waals surface area contributed by atoms with Crippen molar-refractivity contribution in [1.29, 1.82) is 0 Å². The van der Waals surface area contributed by atoms with Gasteiger partial charge in [-0.15, -0.1) is 10.2 Å². The zero-order valence-corrected chi connectivity index (χ0v) is 11.8. The normalized spacial score (nSPS) is 15.2. The van der Waals surface area contributed by atoms with Crippen molar-refractivity contribution in [3.8, 4) is 0 Å². The predicted molar refractivity (Wildman–Crippen MR) is 75.0 cm³/mol. The zero-order chi connectivity index (χ0) is 15.0. The van der Waals surface area contributed by atoms with Crippen LogP contribution in [0.25, 0.3) is 0 Å². The Kier molecular flexibility index (Phi) is 3.48. The van der Waals surface area contributed by atoms with Gasteiger partial charge in [0.05, 0.1) is 0 Å². The molecule has 4 nitrogen and oxygen atoms in total. The Balaban J connectivity index is 1.85. The Bertz CT molecular complexity index is 636. The predicted octanol–water partition coefficient (Wildman–Crippen LogP) is 3.31. The molecule has 2 N–H and O–H groups in total. The third-order valence-electron chi connectivity index (χ3n) is 3.29. The molecule has 2 aromatic rings. The van der Waals surface area contributed by atoms with Gasteiger partial charge in [0.1, 0.15) is 0 Å². The minimum absolute atomic E-state index is 0.221. The number of rotatable bonds is 4. The maximum absolute atomic E-state index is 12.6. The van der Waals surface area contributed by atoms with Crippen LogP contribution in [0.3, 0.4) is 0 Å². The molecule has 0 amide bonds. The molecule has 1 fully saturated rings. The second kappa shape index (κ2) is 5.18. The summed E-state index contributed by atoms with van der Waals surface area (Å²) in [5.41, 5.74) is 7.41. The van der Waals surface area contributed by atoms with Crippen LogP contribution in [0.2, 0.25) is 0 Å². The second-order valence-corrected chi connectivity index (χ2v) is 5.90. The first-order chi connectivity index (χ1) is 9.95. The van der Waals surface area contributed by atoms with Gasteiger partial charge in [-0.2, -0.15) is 13.2 Å². The Morgan fingerprint density at radius 2 is 1.95 bits per heavy atom. The van der Waals surface area contributed by atoms with Crippen LogP contribution in [0.15, 0.2) is 24.3 Å². The van der Waals surface area contributed by atoms with Crippen LogP contribution in [-0.2, 0) is 12.7 Å². The first kappa shape index (κ1) is 14.1. The molecule has 0 unspecified atom stereocenters. The summed E-state index contributed by atoms with van der Waals surface area (Å²) in [6.45, 7) is 0.448. The van der Waals surface area contributed by atoms with Crippen molar-refractivity contribution in [1.82, 2.24) is 10.2 Å². The van der Waals surface area contributed by atoms with E-state index in [1.807, 2.05) is 23.1 Å². The van der Waals surface area contributed by atoms with Crippen LogP contribution in [0.4, 0.5) is 24.0 Å². The molecule has 3 rings (SSSR count). The Hall–Kier alpha value is -1.83. The van der Waals surface area contributed by atoms with Gasteiger partial charge < -0.3 is 10.6 Å². The summed E-state index contributed by atoms with van der Waals surface area (Å²) in [6.07, 6.45) is -2.54. The van der Waals surface area contributed by atoms with E-state index in [1.54, 1.807) is 6.07 Å². The molecule has 1 heterocycles. The number of nitrogen functional groups attached to an aromatic ring is 1. The molecule has 1 saturated carbocycles. The minimum Gasteiger partial charge on any atom is -0.398 e. The van der Waals surface area contributed by atoms with Crippen LogP contribution in [0, 0.1) is 0 Å². The average molecular weight is 314 g/mol. The van der Waals surface area contributed by atoms with Gasteiger partial charge in [-0.05, 0) is 24.5 Å². The van der Waals surface area contributed by atoms with Crippen LogP contribution in [-0.4, -0.2) is 16.2 Å². The van der Waals surface area contributed by atoms with Gasteiger partial charge in [0.25, 0.3) is 0 Å². The Morgan fingerprint density at radius 3 is 2.52 bits per heavy atom. The van der Waals surface area contributed by atoms with Crippen LogP contribution in [0.5, 0.6) is 0 Å². The lowest BCUT2D eigenvalue weighted by atomic mass is 10.1. The molecular weight excluding hydrogens is 301 g/mol. The molecule has 0 radical (unpaired) electrons. The SMILES string of the molecule is Nc1ccccc1CN(c1nnc(C(F)(F)F)s1)C1CC1. The third-order valence-corrected chi connectivity index (χ3v) is 4.29. The highest BCUT2D eigenvalue weighted by atomic mass is 32.1. The van der Waals surface area contributed by atoms with Gasteiger partial charge >= 0.3 is 6.18 Å². The molecule has 0 spiro atoms. The molecule has 112 valence electrons. The lowest BCUT2D eigenvalue weighted by Gasteiger charge is -2.21. The monoisotopic (exact) mass is 314 g/mol. The molecule has 0 aliphatic heterocycles. The van der Waals surface area contributed by atoms with E-state index in [0.29, 0.717) is 28.7 Å². The summed E-state index contributed by atoms with van der Waals surface area (Å²) >= 11 is 0.579. The average Bonchev–Trinajstić information content (AvgIpc) is 3.12. The number of aromatic nitrogens is 2. The first-order valence-electron chi connectivity index (χ1n) is 6.46. The highest BCUT2D eigenvalue weighted by Gasteiger charge is 2.38. The van der Waals surface area contributed by atoms with Gasteiger partial charge in [0, 0.05) is 18.3 Å². The van der Waals surface area contributed by atoms with Gasteiger partial charge in [0.2, 0.25) is 10.1 Å². The quantitative estimate of drug-likeness (QED) is 0.880. The minimum atomic E-state index is -4.45. The summed E-state index contributed by atoms with van der Waals surface area (Å²) in [5.74, 6) is 0. The summed E-state index contributed by atoms with van der Waals surface area (Å²) in [5, 5.41) is 6.34. The van der Waals surface area contributed by atoms with Crippen molar-refractivity contribution < 1.29 is 13.2 Å². The fraction of sp³-hybridized carbons (Fsp3) is 0.385. The van der Waals surface area contributed by atoms with E-state index in [2.05, 4.69) is 10.2 Å². The standard InChI is InChI=1S/C13H13F3N4S/c14-13(15,16)11-18-19-12(21-11)20(9-5-6-9)7-8-3-1-2-4-10(8)17/h1-4,9H,5-7,17H2. The lowest BCUT2D eigenvalue weighted by molar-refractivity contribution is -0.138. The first-order valence-corrected chi connectivity index (χ1v) is 7.27. The van der Waals surface area contributed by atoms with Gasteiger partial charge in [-0.25, -0.2) is 0 Å². The number of nitrogens with zero attached hydrogens (tertiary/aromatic N) is 3. The van der Waals surface area contributed by atoms with Crippen LogP contribution in [0.1, 0.15) is 23.4 Å². The number of nitrogens with two attached hydrogens (primary N) is 1. The van der Waals surface area contributed by atoms with E-state index < -0.39 is 11.2 Å². The summed E-state index contributed by atoms with van der Waals surface area (Å²) in [7, 11) is 0. The molecule has 1 aromatic heterocycles. The molecule has 21 heavy (non-hydrogen) atoms. The zero-order valence-electron chi connectivity index (χ0n) is 11.0. The number of para-hydroxylation sites is 1. The summed E-state index contributed by atoms with van der Waals surface area (Å²) in [6, 6.07) is 7.56. The lowest BCUT2D eigenvalue weighted by Crippen LogP contribution is -2.25. The van der Waals surface area contributed by atoms with E-state index >= 15 is 0 Å². The van der Waals surface area contributed by atoms with Crippen molar-refractivity contribution in [3.05, 3.63) is 34.8 Å². The molecule has 0 saturated heterocycles. The molecule has 0 bridgehead atoms. The molecular formula is C13H13F3N4S. The van der Waals surface area contributed by atoms with Crippen molar-refractivity contribution in [2.45, 2.75) is 31.6 Å². The highest BCUT2D eigenvalue weighted by Crippen LogP contribution is 2.39. The third kappa shape index (κ3) is 3.10. The highest BCUT2D eigenvalue weighted by molar-refractivity contribution is 7.15. The molecule has 1 aliphatic carbocycles. The summed E-state index contributed by atoms with van der Waals surface area (Å²) < 4.78 is 37.9. The number of anilines is 2. The number of hydrogen-bond donors (Lipinski definition) is 1. The number of hydrogen-bond acceptors (Lipinski definition) is 5. The molecule has 0 atom stereocenters. The van der Waals surface area contributed by atoms with E-state index in [0.717, 1.165) is 18.4 Å². The van der Waals surface area contributed by atoms with Gasteiger partial charge in [-0.3, -0.25) is 0 Å². The summed E-state index contributed by atoms with van der Waals surface area (Å²) in [4.78, 5) is 1.86. The Labute approximate surface area is 123 Å². The Morgan fingerprint density at radius 1 is 1.24 bits per heavy atom. The fourth-order valence-corrected chi connectivity index (χ4v) is 2.83. The van der Waals surface area contributed by atoms with E-state index in [1.165, 1.54) is 0 Å². The molecule has 1 aliphatic rings. The van der Waals surface area contributed by atoms with Crippen molar-refractivity contribution >= 4 is 22.2 Å².